The fourth-order valence-electron chi connectivity index (χ4n) is 3.98. The zero-order chi connectivity index (χ0) is 18.4. The summed E-state index contributed by atoms with van der Waals surface area (Å²) in [6.45, 7) is 1.97. The van der Waals surface area contributed by atoms with Crippen molar-refractivity contribution >= 4 is 34.5 Å². The number of hydrogen-bond donors (Lipinski definition) is 1. The molecule has 6 nitrogen and oxygen atoms in total. The predicted octanol–water partition coefficient (Wildman–Crippen LogP) is 2.80. The molecule has 8 heteroatoms. The summed E-state index contributed by atoms with van der Waals surface area (Å²) in [4.78, 5) is 33.1. The number of fused-ring (bicyclic) bond motifs is 2. The second-order valence-electron chi connectivity index (χ2n) is 7.45. The van der Waals surface area contributed by atoms with Gasteiger partial charge in [-0.15, -0.1) is 22.7 Å². The smallest absolute Gasteiger partial charge is 0.273 e. The molecule has 0 bridgehead atoms. The summed E-state index contributed by atoms with van der Waals surface area (Å²) in [5.74, 6) is 0.0418. The molecule has 3 aliphatic rings. The highest BCUT2D eigenvalue weighted by Gasteiger charge is 2.43. The van der Waals surface area contributed by atoms with Crippen LogP contribution in [0, 0.1) is 0 Å². The minimum atomic E-state index is -0.360. The van der Waals surface area contributed by atoms with E-state index in [4.69, 9.17) is 4.74 Å². The standard InChI is InChI=1S/C19H21N3O3S2/c23-17(21-12-1-2-12)16-9-13-15(27-16)3-8-25-19(13)4-6-22(7-5-19)18(24)14-10-26-11-20-14/h9-12H,1-8H2,(H,21,23). The third kappa shape index (κ3) is 3.19. The summed E-state index contributed by atoms with van der Waals surface area (Å²) in [5.41, 5.74) is 3.02. The molecular formula is C19H21N3O3S2. The number of nitrogens with one attached hydrogen (secondary N) is 1. The van der Waals surface area contributed by atoms with Crippen molar-refractivity contribution in [1.82, 2.24) is 15.2 Å². The lowest BCUT2D eigenvalue weighted by atomic mass is 9.82. The first-order valence-corrected chi connectivity index (χ1v) is 11.2. The minimum Gasteiger partial charge on any atom is -0.370 e. The van der Waals surface area contributed by atoms with Crippen LogP contribution in [0.25, 0.3) is 0 Å². The highest BCUT2D eigenvalue weighted by molar-refractivity contribution is 7.14. The van der Waals surface area contributed by atoms with Crippen LogP contribution >= 0.6 is 22.7 Å². The molecule has 0 aromatic carbocycles. The van der Waals surface area contributed by atoms with Crippen LogP contribution in [0.4, 0.5) is 0 Å². The topological polar surface area (TPSA) is 71.5 Å². The van der Waals surface area contributed by atoms with Crippen LogP contribution in [0.5, 0.6) is 0 Å². The molecule has 2 aromatic heterocycles. The van der Waals surface area contributed by atoms with Crippen LogP contribution in [0.1, 0.15) is 56.3 Å². The monoisotopic (exact) mass is 403 g/mol. The molecule has 2 amide bonds. The number of piperidine rings is 1. The number of carbonyl (C=O) groups is 2. The molecule has 0 atom stereocenters. The third-order valence-corrected chi connectivity index (χ3v) is 7.43. The lowest BCUT2D eigenvalue weighted by Gasteiger charge is -2.43. The molecule has 27 heavy (non-hydrogen) atoms. The maximum atomic E-state index is 12.6. The summed E-state index contributed by atoms with van der Waals surface area (Å²) >= 11 is 3.04. The van der Waals surface area contributed by atoms with E-state index in [2.05, 4.69) is 10.3 Å². The van der Waals surface area contributed by atoms with E-state index in [0.717, 1.165) is 37.0 Å². The fraction of sp³-hybridized carbons (Fsp3) is 0.526. The Morgan fingerprint density at radius 1 is 1.30 bits per heavy atom. The Bertz CT molecular complexity index is 865. The summed E-state index contributed by atoms with van der Waals surface area (Å²) in [6, 6.07) is 2.40. The average molecular weight is 404 g/mol. The van der Waals surface area contributed by atoms with Crippen molar-refractivity contribution in [1.29, 1.82) is 0 Å². The zero-order valence-electron chi connectivity index (χ0n) is 14.9. The van der Waals surface area contributed by atoms with E-state index in [1.165, 1.54) is 21.8 Å². The van der Waals surface area contributed by atoms with Crippen LogP contribution in [0.2, 0.25) is 0 Å². The van der Waals surface area contributed by atoms with Crippen LogP contribution in [0.15, 0.2) is 17.0 Å². The van der Waals surface area contributed by atoms with Gasteiger partial charge in [-0.2, -0.15) is 0 Å². The van der Waals surface area contributed by atoms with E-state index in [1.54, 1.807) is 22.2 Å². The maximum Gasteiger partial charge on any atom is 0.273 e. The van der Waals surface area contributed by atoms with Crippen molar-refractivity contribution < 1.29 is 14.3 Å². The number of aromatic nitrogens is 1. The van der Waals surface area contributed by atoms with Gasteiger partial charge >= 0.3 is 0 Å². The summed E-state index contributed by atoms with van der Waals surface area (Å²) in [6.07, 6.45) is 4.56. The second kappa shape index (κ2) is 6.68. The van der Waals surface area contributed by atoms with E-state index >= 15 is 0 Å². The maximum absolute atomic E-state index is 12.6. The number of thiophene rings is 1. The lowest BCUT2D eigenvalue weighted by Crippen LogP contribution is -2.48. The SMILES string of the molecule is O=C(NC1CC1)c1cc2c(s1)CCOC21CCN(C(=O)c2cscn2)CC1. The molecule has 1 spiro atoms. The number of amides is 2. The van der Waals surface area contributed by atoms with E-state index < -0.39 is 0 Å². The van der Waals surface area contributed by atoms with Gasteiger partial charge in [-0.3, -0.25) is 9.59 Å². The molecule has 5 rings (SSSR count). The van der Waals surface area contributed by atoms with E-state index in [9.17, 15) is 9.59 Å². The molecular weight excluding hydrogens is 382 g/mol. The Morgan fingerprint density at radius 2 is 2.11 bits per heavy atom. The van der Waals surface area contributed by atoms with Gasteiger partial charge in [-0.05, 0) is 37.3 Å². The predicted molar refractivity (Wildman–Crippen MR) is 103 cm³/mol. The van der Waals surface area contributed by atoms with Crippen molar-refractivity contribution in [3.63, 3.8) is 0 Å². The van der Waals surface area contributed by atoms with Gasteiger partial charge in [0.05, 0.1) is 22.6 Å². The highest BCUT2D eigenvalue weighted by Crippen LogP contribution is 2.44. The van der Waals surface area contributed by atoms with Gasteiger partial charge in [-0.25, -0.2) is 4.98 Å². The Balaban J connectivity index is 1.34. The van der Waals surface area contributed by atoms with Crippen LogP contribution < -0.4 is 5.32 Å². The normalized spacial score (nSPS) is 21.1. The van der Waals surface area contributed by atoms with Gasteiger partial charge in [0, 0.05) is 35.8 Å². The molecule has 0 unspecified atom stereocenters. The van der Waals surface area contributed by atoms with Crippen molar-refractivity contribution in [3.05, 3.63) is 38.0 Å². The molecule has 2 aromatic rings. The van der Waals surface area contributed by atoms with Gasteiger partial charge < -0.3 is 15.0 Å². The first-order valence-electron chi connectivity index (χ1n) is 9.40. The number of nitrogens with zero attached hydrogens (tertiary/aromatic N) is 2. The molecule has 1 saturated heterocycles. The number of carbonyl (C=O) groups excluding carboxylic acids is 2. The first kappa shape index (κ1) is 17.3. The van der Waals surface area contributed by atoms with Crippen LogP contribution in [-0.4, -0.2) is 47.4 Å². The Labute approximate surface area is 165 Å². The van der Waals surface area contributed by atoms with Crippen molar-refractivity contribution in [2.45, 2.75) is 43.7 Å². The second-order valence-corrected chi connectivity index (χ2v) is 9.31. The summed E-state index contributed by atoms with van der Waals surface area (Å²) < 4.78 is 6.26. The number of likely N-dealkylation sites (tertiary alicyclic amines) is 1. The number of hydrogen-bond acceptors (Lipinski definition) is 6. The van der Waals surface area contributed by atoms with E-state index in [0.29, 0.717) is 31.4 Å². The Hall–Kier alpha value is -1.77. The van der Waals surface area contributed by atoms with E-state index in [-0.39, 0.29) is 17.4 Å². The average Bonchev–Trinajstić information content (AvgIpc) is 3.16. The number of rotatable bonds is 3. The zero-order valence-corrected chi connectivity index (χ0v) is 16.5. The minimum absolute atomic E-state index is 0.00282. The third-order valence-electron chi connectivity index (χ3n) is 5.65. The van der Waals surface area contributed by atoms with E-state index in [1.807, 2.05) is 11.0 Å². The van der Waals surface area contributed by atoms with Gasteiger partial charge in [0.1, 0.15) is 5.69 Å². The van der Waals surface area contributed by atoms with Crippen molar-refractivity contribution in [2.75, 3.05) is 19.7 Å². The summed E-state index contributed by atoms with van der Waals surface area (Å²) in [5, 5.41) is 4.88. The molecule has 4 heterocycles. The Kier molecular flexibility index (Phi) is 4.29. The summed E-state index contributed by atoms with van der Waals surface area (Å²) in [7, 11) is 0. The number of thiazole rings is 1. The largest absolute Gasteiger partial charge is 0.370 e. The molecule has 2 aliphatic heterocycles. The van der Waals surface area contributed by atoms with Gasteiger partial charge in [-0.1, -0.05) is 0 Å². The molecule has 1 saturated carbocycles. The van der Waals surface area contributed by atoms with Crippen molar-refractivity contribution in [3.8, 4) is 0 Å². The molecule has 2 fully saturated rings. The fourth-order valence-corrected chi connectivity index (χ4v) is 5.64. The molecule has 0 radical (unpaired) electrons. The van der Waals surface area contributed by atoms with Gasteiger partial charge in [0.15, 0.2) is 0 Å². The van der Waals surface area contributed by atoms with Crippen molar-refractivity contribution in [2.24, 2.45) is 0 Å². The van der Waals surface area contributed by atoms with Crippen LogP contribution in [0.3, 0.4) is 0 Å². The highest BCUT2D eigenvalue weighted by atomic mass is 32.1. The molecule has 142 valence electrons. The molecule has 1 aliphatic carbocycles. The van der Waals surface area contributed by atoms with Crippen LogP contribution in [-0.2, 0) is 16.8 Å². The van der Waals surface area contributed by atoms with Gasteiger partial charge in [0.25, 0.3) is 11.8 Å². The Morgan fingerprint density at radius 3 is 2.81 bits per heavy atom. The first-order chi connectivity index (χ1) is 13.1. The number of ether oxygens (including phenoxy) is 1. The molecule has 1 N–H and O–H groups in total. The van der Waals surface area contributed by atoms with Gasteiger partial charge in [0.2, 0.25) is 0 Å². The quantitative estimate of drug-likeness (QED) is 0.855. The lowest BCUT2D eigenvalue weighted by molar-refractivity contribution is -0.0926.